The van der Waals surface area contributed by atoms with Crippen LogP contribution in [-0.4, -0.2) is 42.9 Å². The molecular weight excluding hydrogens is 358 g/mol. The van der Waals surface area contributed by atoms with Gasteiger partial charge in [-0.2, -0.15) is 0 Å². The van der Waals surface area contributed by atoms with Crippen molar-refractivity contribution in [3.63, 3.8) is 0 Å². The van der Waals surface area contributed by atoms with Crippen molar-refractivity contribution < 1.29 is 9.59 Å². The predicted molar refractivity (Wildman–Crippen MR) is 109 cm³/mol. The van der Waals surface area contributed by atoms with Crippen molar-refractivity contribution in [1.29, 1.82) is 0 Å². The lowest BCUT2D eigenvalue weighted by Gasteiger charge is -2.32. The van der Waals surface area contributed by atoms with Crippen molar-refractivity contribution >= 4 is 23.2 Å². The maximum absolute atomic E-state index is 12.7. The largest absolute Gasteiger partial charge is 0.347 e. The van der Waals surface area contributed by atoms with Gasteiger partial charge >= 0.3 is 0 Å². The van der Waals surface area contributed by atoms with Gasteiger partial charge in [0.15, 0.2) is 0 Å². The van der Waals surface area contributed by atoms with E-state index in [9.17, 15) is 9.59 Å². The molecule has 1 saturated heterocycles. The van der Waals surface area contributed by atoms with Gasteiger partial charge in [0.2, 0.25) is 0 Å². The van der Waals surface area contributed by atoms with Crippen molar-refractivity contribution in [3.05, 3.63) is 57.8 Å². The number of piperidine rings is 1. The number of likely N-dealkylation sites (tertiary alicyclic amines) is 1. The van der Waals surface area contributed by atoms with Gasteiger partial charge in [-0.1, -0.05) is 25.1 Å². The van der Waals surface area contributed by atoms with E-state index in [2.05, 4.69) is 17.6 Å². The summed E-state index contributed by atoms with van der Waals surface area (Å²) < 4.78 is 0. The number of rotatable bonds is 7. The van der Waals surface area contributed by atoms with Gasteiger partial charge in [0, 0.05) is 25.2 Å². The molecule has 1 aromatic carbocycles. The first-order valence-electron chi connectivity index (χ1n) is 9.58. The van der Waals surface area contributed by atoms with Gasteiger partial charge in [-0.25, -0.2) is 0 Å². The SMILES string of the molecule is CCNCC1CCN(C(=O)c2ccc(CNC(=O)c3cccs3)cc2)CC1. The highest BCUT2D eigenvalue weighted by Gasteiger charge is 2.23. The summed E-state index contributed by atoms with van der Waals surface area (Å²) in [5.74, 6) is 0.708. The van der Waals surface area contributed by atoms with Crippen molar-refractivity contribution in [1.82, 2.24) is 15.5 Å². The second-order valence-corrected chi connectivity index (χ2v) is 7.85. The van der Waals surface area contributed by atoms with Crippen molar-refractivity contribution in [2.45, 2.75) is 26.3 Å². The molecule has 2 N–H and O–H groups in total. The molecule has 3 rings (SSSR count). The van der Waals surface area contributed by atoms with Gasteiger partial charge in [0.25, 0.3) is 11.8 Å². The van der Waals surface area contributed by atoms with Gasteiger partial charge in [-0.05, 0) is 61.0 Å². The van der Waals surface area contributed by atoms with E-state index < -0.39 is 0 Å². The molecule has 0 spiro atoms. The van der Waals surface area contributed by atoms with E-state index in [0.29, 0.717) is 22.9 Å². The fourth-order valence-electron chi connectivity index (χ4n) is 3.31. The van der Waals surface area contributed by atoms with Crippen LogP contribution in [0, 0.1) is 5.92 Å². The Labute approximate surface area is 164 Å². The normalized spacial score (nSPS) is 14.9. The Bertz CT molecular complexity index is 735. The maximum atomic E-state index is 12.7. The molecule has 0 radical (unpaired) electrons. The predicted octanol–water partition coefficient (Wildman–Crippen LogP) is 3.14. The number of thiophene rings is 1. The Hall–Kier alpha value is -2.18. The minimum Gasteiger partial charge on any atom is -0.347 e. The molecule has 144 valence electrons. The Kier molecular flexibility index (Phi) is 7.01. The van der Waals surface area contributed by atoms with Crippen molar-refractivity contribution in [2.75, 3.05) is 26.2 Å². The summed E-state index contributed by atoms with van der Waals surface area (Å²) in [5, 5.41) is 8.19. The number of nitrogens with zero attached hydrogens (tertiary/aromatic N) is 1. The summed E-state index contributed by atoms with van der Waals surface area (Å²) in [4.78, 5) is 27.3. The zero-order valence-electron chi connectivity index (χ0n) is 15.7. The summed E-state index contributed by atoms with van der Waals surface area (Å²) in [5.41, 5.74) is 1.70. The summed E-state index contributed by atoms with van der Waals surface area (Å²) in [6, 6.07) is 11.2. The quantitative estimate of drug-likeness (QED) is 0.770. The monoisotopic (exact) mass is 385 g/mol. The number of benzene rings is 1. The third kappa shape index (κ3) is 5.40. The summed E-state index contributed by atoms with van der Waals surface area (Å²) in [6.07, 6.45) is 2.12. The van der Waals surface area contributed by atoms with Crippen LogP contribution in [-0.2, 0) is 6.54 Å². The van der Waals surface area contributed by atoms with Crippen LogP contribution in [0.3, 0.4) is 0 Å². The number of carbonyl (C=O) groups is 2. The lowest BCUT2D eigenvalue weighted by molar-refractivity contribution is 0.0690. The Balaban J connectivity index is 1.48. The van der Waals surface area contributed by atoms with Gasteiger partial charge in [0.05, 0.1) is 4.88 Å². The van der Waals surface area contributed by atoms with Crippen molar-refractivity contribution in [3.8, 4) is 0 Å². The van der Waals surface area contributed by atoms with E-state index in [0.717, 1.165) is 44.6 Å². The van der Waals surface area contributed by atoms with E-state index >= 15 is 0 Å². The average molecular weight is 386 g/mol. The van der Waals surface area contributed by atoms with E-state index in [-0.39, 0.29) is 11.8 Å². The number of nitrogens with one attached hydrogen (secondary N) is 2. The van der Waals surface area contributed by atoms with E-state index in [4.69, 9.17) is 0 Å². The molecule has 0 unspecified atom stereocenters. The molecule has 0 bridgehead atoms. The first-order chi connectivity index (χ1) is 13.2. The highest BCUT2D eigenvalue weighted by molar-refractivity contribution is 7.12. The Morgan fingerprint density at radius 3 is 2.52 bits per heavy atom. The molecule has 6 heteroatoms. The molecular formula is C21H27N3O2S. The second-order valence-electron chi connectivity index (χ2n) is 6.90. The number of hydrogen-bond acceptors (Lipinski definition) is 4. The molecule has 0 aliphatic carbocycles. The van der Waals surface area contributed by atoms with Gasteiger partial charge in [0.1, 0.15) is 0 Å². The molecule has 1 aliphatic rings. The molecule has 0 atom stereocenters. The molecule has 1 fully saturated rings. The number of amides is 2. The molecule has 5 nitrogen and oxygen atoms in total. The summed E-state index contributed by atoms with van der Waals surface area (Å²) in [7, 11) is 0. The highest BCUT2D eigenvalue weighted by atomic mass is 32.1. The highest BCUT2D eigenvalue weighted by Crippen LogP contribution is 2.19. The molecule has 2 amide bonds. The van der Waals surface area contributed by atoms with Crippen molar-refractivity contribution in [2.24, 2.45) is 5.92 Å². The van der Waals surface area contributed by atoms with Crippen LogP contribution in [0.4, 0.5) is 0 Å². The fraction of sp³-hybridized carbons (Fsp3) is 0.429. The van der Waals surface area contributed by atoms with Gasteiger partial charge in [-0.15, -0.1) is 11.3 Å². The third-order valence-electron chi connectivity index (χ3n) is 4.98. The van der Waals surface area contributed by atoms with Gasteiger partial charge < -0.3 is 15.5 Å². The standard InChI is InChI=1S/C21H27N3O2S/c1-2-22-14-17-9-11-24(12-10-17)21(26)18-7-5-16(6-8-18)15-23-20(25)19-4-3-13-27-19/h3-8,13,17,22H,2,9-12,14-15H2,1H3,(H,23,25). The second kappa shape index (κ2) is 9.67. The number of hydrogen-bond donors (Lipinski definition) is 2. The average Bonchev–Trinajstić information content (AvgIpc) is 3.26. The van der Waals surface area contributed by atoms with E-state index in [1.807, 2.05) is 46.7 Å². The molecule has 1 aromatic heterocycles. The van der Waals surface area contributed by atoms with E-state index in [1.165, 1.54) is 11.3 Å². The lowest BCUT2D eigenvalue weighted by Crippen LogP contribution is -2.40. The molecule has 27 heavy (non-hydrogen) atoms. The van der Waals surface area contributed by atoms with E-state index in [1.54, 1.807) is 0 Å². The third-order valence-corrected chi connectivity index (χ3v) is 5.85. The first-order valence-corrected chi connectivity index (χ1v) is 10.5. The van der Waals surface area contributed by atoms with Crippen LogP contribution in [0.25, 0.3) is 0 Å². The zero-order chi connectivity index (χ0) is 19.1. The van der Waals surface area contributed by atoms with Crippen LogP contribution in [0.15, 0.2) is 41.8 Å². The van der Waals surface area contributed by atoms with Crippen LogP contribution in [0.1, 0.15) is 45.4 Å². The fourth-order valence-corrected chi connectivity index (χ4v) is 3.95. The molecule has 1 aliphatic heterocycles. The molecule has 2 heterocycles. The minimum atomic E-state index is -0.0643. The Morgan fingerprint density at radius 2 is 1.89 bits per heavy atom. The minimum absolute atomic E-state index is 0.0643. The Morgan fingerprint density at radius 1 is 1.15 bits per heavy atom. The number of carbonyl (C=O) groups excluding carboxylic acids is 2. The smallest absolute Gasteiger partial charge is 0.261 e. The van der Waals surface area contributed by atoms with Crippen LogP contribution >= 0.6 is 11.3 Å². The first kappa shape index (κ1) is 19.6. The summed E-state index contributed by atoms with van der Waals surface area (Å²) >= 11 is 1.43. The zero-order valence-corrected chi connectivity index (χ0v) is 16.6. The molecule has 0 saturated carbocycles. The maximum Gasteiger partial charge on any atom is 0.261 e. The van der Waals surface area contributed by atoms with Crippen LogP contribution in [0.2, 0.25) is 0 Å². The lowest BCUT2D eigenvalue weighted by atomic mass is 9.96. The van der Waals surface area contributed by atoms with Crippen LogP contribution < -0.4 is 10.6 Å². The summed E-state index contributed by atoms with van der Waals surface area (Å²) in [6.45, 7) is 6.28. The topological polar surface area (TPSA) is 61.4 Å². The van der Waals surface area contributed by atoms with Crippen LogP contribution in [0.5, 0.6) is 0 Å². The van der Waals surface area contributed by atoms with Gasteiger partial charge in [-0.3, -0.25) is 9.59 Å². The molecule has 2 aromatic rings.